The number of alkyl halides is 3. The van der Waals surface area contributed by atoms with Gasteiger partial charge in [-0.05, 0) is 6.42 Å². The second-order valence-electron chi connectivity index (χ2n) is 5.13. The Labute approximate surface area is 123 Å². The van der Waals surface area contributed by atoms with Gasteiger partial charge in [0.1, 0.15) is 6.61 Å². The highest BCUT2D eigenvalue weighted by atomic mass is 19.4. The molecule has 0 aromatic rings. The van der Waals surface area contributed by atoms with E-state index in [0.717, 1.165) is 19.5 Å². The summed E-state index contributed by atoms with van der Waals surface area (Å²) in [7, 11) is 0. The smallest absolute Gasteiger partial charge is 0.372 e. The Hall–Kier alpha value is -0.860. The average Bonchev–Trinajstić information content (AvgIpc) is 2.44. The van der Waals surface area contributed by atoms with Crippen molar-refractivity contribution in [2.45, 2.75) is 32.0 Å². The molecule has 5 nitrogen and oxygen atoms in total. The lowest BCUT2D eigenvalue weighted by Gasteiger charge is -2.38. The van der Waals surface area contributed by atoms with Crippen LogP contribution in [0, 0.1) is 0 Å². The number of ether oxygens (including phenoxy) is 1. The minimum Gasteiger partial charge on any atom is -0.372 e. The fraction of sp³-hybridized carbons (Fsp3) is 0.923. The highest BCUT2D eigenvalue weighted by molar-refractivity contribution is 5.76. The molecule has 8 heteroatoms. The van der Waals surface area contributed by atoms with Crippen LogP contribution in [0.5, 0.6) is 0 Å². The summed E-state index contributed by atoms with van der Waals surface area (Å²) in [5.41, 5.74) is 5.69. The summed E-state index contributed by atoms with van der Waals surface area (Å²) in [4.78, 5) is 15.8. The van der Waals surface area contributed by atoms with Crippen LogP contribution in [-0.4, -0.2) is 73.9 Å². The van der Waals surface area contributed by atoms with Crippen molar-refractivity contribution >= 4 is 5.91 Å². The quantitative estimate of drug-likeness (QED) is 0.708. The van der Waals surface area contributed by atoms with Crippen molar-refractivity contribution in [1.82, 2.24) is 9.80 Å². The average molecular weight is 311 g/mol. The Bertz CT molecular complexity index is 314. The summed E-state index contributed by atoms with van der Waals surface area (Å²) >= 11 is 0. The van der Waals surface area contributed by atoms with Gasteiger partial charge < -0.3 is 15.4 Å². The molecule has 0 bridgehead atoms. The lowest BCUT2D eigenvalue weighted by molar-refractivity contribution is -0.175. The first-order valence-electron chi connectivity index (χ1n) is 7.23. The first-order chi connectivity index (χ1) is 9.87. The number of carbonyl (C=O) groups excluding carboxylic acids is 1. The molecule has 0 aliphatic carbocycles. The van der Waals surface area contributed by atoms with Crippen LogP contribution in [-0.2, 0) is 9.53 Å². The molecule has 1 amide bonds. The van der Waals surface area contributed by atoms with E-state index in [9.17, 15) is 18.0 Å². The van der Waals surface area contributed by atoms with Gasteiger partial charge in [0.05, 0.1) is 13.0 Å². The third-order valence-electron chi connectivity index (χ3n) is 3.65. The maximum atomic E-state index is 11.9. The summed E-state index contributed by atoms with van der Waals surface area (Å²) in [6.45, 7) is 3.86. The van der Waals surface area contributed by atoms with Crippen LogP contribution < -0.4 is 5.73 Å². The molecule has 1 aliphatic heterocycles. The molecule has 0 aromatic heterocycles. The maximum Gasteiger partial charge on any atom is 0.411 e. The van der Waals surface area contributed by atoms with E-state index in [-0.39, 0.29) is 18.9 Å². The van der Waals surface area contributed by atoms with Gasteiger partial charge in [-0.3, -0.25) is 9.69 Å². The van der Waals surface area contributed by atoms with Crippen LogP contribution in [0.2, 0.25) is 0 Å². The van der Waals surface area contributed by atoms with E-state index in [2.05, 4.69) is 16.6 Å². The molecule has 1 unspecified atom stereocenters. The number of carbonyl (C=O) groups is 1. The van der Waals surface area contributed by atoms with Gasteiger partial charge in [0.15, 0.2) is 0 Å². The van der Waals surface area contributed by atoms with Crippen LogP contribution in [0.25, 0.3) is 0 Å². The fourth-order valence-corrected chi connectivity index (χ4v) is 2.42. The van der Waals surface area contributed by atoms with E-state index >= 15 is 0 Å². The molecule has 1 fully saturated rings. The van der Waals surface area contributed by atoms with Crippen molar-refractivity contribution in [3.8, 4) is 0 Å². The van der Waals surface area contributed by atoms with Gasteiger partial charge >= 0.3 is 6.18 Å². The minimum absolute atomic E-state index is 0.00975. The number of rotatable bonds is 7. The lowest BCUT2D eigenvalue weighted by atomic mass is 10.1. The van der Waals surface area contributed by atoms with Crippen LogP contribution in [0.3, 0.4) is 0 Å². The summed E-state index contributed by atoms with van der Waals surface area (Å²) < 4.78 is 40.1. The zero-order valence-electron chi connectivity index (χ0n) is 12.4. The Morgan fingerprint density at radius 2 is 1.90 bits per heavy atom. The van der Waals surface area contributed by atoms with Gasteiger partial charge in [0.25, 0.3) is 0 Å². The maximum absolute atomic E-state index is 11.9. The molecule has 0 spiro atoms. The molecule has 0 radical (unpaired) electrons. The molecule has 1 atom stereocenters. The molecule has 1 rings (SSSR count). The molecule has 124 valence electrons. The topological polar surface area (TPSA) is 58.8 Å². The van der Waals surface area contributed by atoms with Crippen LogP contribution >= 0.6 is 0 Å². The van der Waals surface area contributed by atoms with Crippen LogP contribution in [0.15, 0.2) is 0 Å². The van der Waals surface area contributed by atoms with E-state index in [1.165, 1.54) is 0 Å². The van der Waals surface area contributed by atoms with Crippen LogP contribution in [0.4, 0.5) is 13.2 Å². The lowest BCUT2D eigenvalue weighted by Crippen LogP contribution is -2.53. The van der Waals surface area contributed by atoms with Gasteiger partial charge in [-0.1, -0.05) is 6.92 Å². The molecule has 1 saturated heterocycles. The van der Waals surface area contributed by atoms with E-state index in [0.29, 0.717) is 25.7 Å². The molecular weight excluding hydrogens is 287 g/mol. The number of piperazine rings is 1. The predicted molar refractivity (Wildman–Crippen MR) is 72.8 cm³/mol. The second-order valence-corrected chi connectivity index (χ2v) is 5.13. The number of nitrogens with two attached hydrogens (primary N) is 1. The van der Waals surface area contributed by atoms with E-state index in [4.69, 9.17) is 5.73 Å². The monoisotopic (exact) mass is 311 g/mol. The van der Waals surface area contributed by atoms with Crippen molar-refractivity contribution in [3.05, 3.63) is 0 Å². The van der Waals surface area contributed by atoms with E-state index < -0.39 is 12.8 Å². The van der Waals surface area contributed by atoms with Crippen LogP contribution in [0.1, 0.15) is 19.8 Å². The fourth-order valence-electron chi connectivity index (χ4n) is 2.42. The highest BCUT2D eigenvalue weighted by Crippen LogP contribution is 2.14. The number of hydrogen-bond acceptors (Lipinski definition) is 4. The van der Waals surface area contributed by atoms with Gasteiger partial charge in [0, 0.05) is 38.8 Å². The highest BCUT2D eigenvalue weighted by Gasteiger charge is 2.28. The van der Waals surface area contributed by atoms with Crippen molar-refractivity contribution < 1.29 is 22.7 Å². The number of nitrogens with zero attached hydrogens (tertiary/aromatic N) is 2. The largest absolute Gasteiger partial charge is 0.411 e. The Balaban J connectivity index is 2.23. The summed E-state index contributed by atoms with van der Waals surface area (Å²) in [6, 6.07) is 0.331. The minimum atomic E-state index is -4.34. The second kappa shape index (κ2) is 8.55. The molecule has 1 heterocycles. The molecule has 2 N–H and O–H groups in total. The van der Waals surface area contributed by atoms with Crippen molar-refractivity contribution in [3.63, 3.8) is 0 Å². The Morgan fingerprint density at radius 1 is 1.29 bits per heavy atom. The van der Waals surface area contributed by atoms with Gasteiger partial charge in [0.2, 0.25) is 5.91 Å². The van der Waals surface area contributed by atoms with Crippen molar-refractivity contribution in [2.75, 3.05) is 45.9 Å². The summed E-state index contributed by atoms with van der Waals surface area (Å²) in [5, 5.41) is 0. The number of amides is 1. The van der Waals surface area contributed by atoms with Crippen molar-refractivity contribution in [1.29, 1.82) is 0 Å². The van der Waals surface area contributed by atoms with Gasteiger partial charge in [-0.2, -0.15) is 13.2 Å². The summed E-state index contributed by atoms with van der Waals surface area (Å²) in [6.07, 6.45) is -3.38. The van der Waals surface area contributed by atoms with E-state index in [1.807, 2.05) is 0 Å². The van der Waals surface area contributed by atoms with E-state index in [1.54, 1.807) is 4.90 Å². The molecule has 21 heavy (non-hydrogen) atoms. The Kier molecular flexibility index (Phi) is 7.41. The van der Waals surface area contributed by atoms with Crippen molar-refractivity contribution in [2.24, 2.45) is 5.73 Å². The predicted octanol–water partition coefficient (Wildman–Crippen LogP) is 0.837. The third-order valence-corrected chi connectivity index (χ3v) is 3.65. The first-order valence-corrected chi connectivity index (χ1v) is 7.23. The first kappa shape index (κ1) is 18.2. The SMILES string of the molecule is CCC(CN)N1CCN(C(=O)CCOCC(F)(F)F)CC1. The van der Waals surface area contributed by atoms with Gasteiger partial charge in [-0.15, -0.1) is 0 Å². The molecular formula is C13H24F3N3O2. The molecule has 1 aliphatic rings. The molecule has 0 saturated carbocycles. The zero-order chi connectivity index (χ0) is 15.9. The zero-order valence-corrected chi connectivity index (χ0v) is 12.4. The third kappa shape index (κ3) is 6.62. The normalized spacial score (nSPS) is 18.8. The van der Waals surface area contributed by atoms with Gasteiger partial charge in [-0.25, -0.2) is 0 Å². The molecule has 0 aromatic carbocycles. The summed E-state index contributed by atoms with van der Waals surface area (Å²) in [5.74, 6) is -0.155. The Morgan fingerprint density at radius 3 is 2.38 bits per heavy atom. The standard InChI is InChI=1S/C13H24F3N3O2/c1-2-11(9-17)18-4-6-19(7-5-18)12(20)3-8-21-10-13(14,15)16/h11H,2-10,17H2,1H3. The number of halogens is 3. The number of hydrogen-bond donors (Lipinski definition) is 1.